The third-order valence-electron chi connectivity index (χ3n) is 3.24. The molecule has 2 aromatic carbocycles. The quantitative estimate of drug-likeness (QED) is 0.843. The van der Waals surface area contributed by atoms with Gasteiger partial charge in [0.25, 0.3) is 5.91 Å². The number of carbonyl (C=O) groups is 2. The van der Waals surface area contributed by atoms with E-state index in [4.69, 9.17) is 4.84 Å². The van der Waals surface area contributed by atoms with E-state index >= 15 is 0 Å². The van der Waals surface area contributed by atoms with Gasteiger partial charge in [0, 0.05) is 11.3 Å². The van der Waals surface area contributed by atoms with Gasteiger partial charge in [0.05, 0.1) is 13.0 Å². The van der Waals surface area contributed by atoms with Gasteiger partial charge in [-0.1, -0.05) is 36.4 Å². The van der Waals surface area contributed by atoms with E-state index in [1.165, 1.54) is 0 Å². The van der Waals surface area contributed by atoms with Crippen molar-refractivity contribution in [2.24, 2.45) is 0 Å². The zero-order valence-corrected chi connectivity index (χ0v) is 11.3. The highest BCUT2D eigenvalue weighted by molar-refractivity contribution is 6.02. The van der Waals surface area contributed by atoms with Crippen molar-refractivity contribution in [1.82, 2.24) is 5.48 Å². The van der Waals surface area contributed by atoms with Crippen molar-refractivity contribution in [1.29, 1.82) is 0 Å². The molecule has 0 aromatic heterocycles. The van der Waals surface area contributed by atoms with Crippen LogP contribution in [0.4, 0.5) is 5.69 Å². The van der Waals surface area contributed by atoms with Crippen molar-refractivity contribution < 1.29 is 14.4 Å². The predicted molar refractivity (Wildman–Crippen MR) is 77.5 cm³/mol. The molecule has 5 heteroatoms. The van der Waals surface area contributed by atoms with E-state index in [-0.39, 0.29) is 11.8 Å². The highest BCUT2D eigenvalue weighted by Crippen LogP contribution is 2.23. The molecule has 3 rings (SSSR count). The van der Waals surface area contributed by atoms with E-state index in [0.717, 1.165) is 11.1 Å². The Labute approximate surface area is 121 Å². The Morgan fingerprint density at radius 2 is 2.00 bits per heavy atom. The standard InChI is InChI=1S/C16H14N2O3/c19-15-9-12-6-7-13(8-14(12)17-15)16(20)18-21-10-11-4-2-1-3-5-11/h1-8H,9-10H2,(H,17,19)(H,18,20). The van der Waals surface area contributed by atoms with Crippen molar-refractivity contribution in [3.05, 3.63) is 65.2 Å². The molecule has 1 aliphatic heterocycles. The van der Waals surface area contributed by atoms with Crippen LogP contribution < -0.4 is 10.8 Å². The number of hydrogen-bond donors (Lipinski definition) is 2. The molecule has 2 N–H and O–H groups in total. The minimum absolute atomic E-state index is 0.0529. The molecule has 0 aliphatic carbocycles. The molecular weight excluding hydrogens is 268 g/mol. The Balaban J connectivity index is 1.59. The summed E-state index contributed by atoms with van der Waals surface area (Å²) in [5, 5.41) is 2.71. The Bertz CT molecular complexity index is 683. The second-order valence-corrected chi connectivity index (χ2v) is 4.80. The second kappa shape index (κ2) is 5.76. The van der Waals surface area contributed by atoms with Gasteiger partial charge in [-0.3, -0.25) is 14.4 Å². The fourth-order valence-electron chi connectivity index (χ4n) is 2.17. The summed E-state index contributed by atoms with van der Waals surface area (Å²) in [6.45, 7) is 0.300. The van der Waals surface area contributed by atoms with Crippen molar-refractivity contribution in [3.8, 4) is 0 Å². The number of fused-ring (bicyclic) bond motifs is 1. The first-order valence-electron chi connectivity index (χ1n) is 6.61. The number of nitrogens with one attached hydrogen (secondary N) is 2. The first kappa shape index (κ1) is 13.3. The van der Waals surface area contributed by atoms with Crippen molar-refractivity contribution in [2.75, 3.05) is 5.32 Å². The molecule has 0 fully saturated rings. The number of rotatable bonds is 4. The number of hydrogen-bond acceptors (Lipinski definition) is 3. The van der Waals surface area contributed by atoms with Gasteiger partial charge in [-0.2, -0.15) is 0 Å². The molecule has 1 aliphatic rings. The zero-order chi connectivity index (χ0) is 14.7. The molecule has 0 spiro atoms. The van der Waals surface area contributed by atoms with Crippen LogP contribution in [0.1, 0.15) is 21.5 Å². The lowest BCUT2D eigenvalue weighted by molar-refractivity contribution is -0.115. The summed E-state index contributed by atoms with van der Waals surface area (Å²) in [7, 11) is 0. The van der Waals surface area contributed by atoms with Gasteiger partial charge in [-0.25, -0.2) is 5.48 Å². The maximum Gasteiger partial charge on any atom is 0.274 e. The molecule has 0 atom stereocenters. The number of hydroxylamine groups is 1. The fraction of sp³-hybridized carbons (Fsp3) is 0.125. The molecular formula is C16H14N2O3. The number of amides is 2. The van der Waals surface area contributed by atoms with Gasteiger partial charge in [0.2, 0.25) is 5.91 Å². The summed E-state index contributed by atoms with van der Waals surface area (Å²) in [4.78, 5) is 28.4. The van der Waals surface area contributed by atoms with Crippen molar-refractivity contribution in [3.63, 3.8) is 0 Å². The van der Waals surface area contributed by atoms with Crippen LogP contribution in [0.2, 0.25) is 0 Å². The minimum Gasteiger partial charge on any atom is -0.326 e. The number of anilines is 1. The maximum atomic E-state index is 12.0. The summed E-state index contributed by atoms with van der Waals surface area (Å²) in [5.41, 5.74) is 5.41. The molecule has 5 nitrogen and oxygen atoms in total. The highest BCUT2D eigenvalue weighted by Gasteiger charge is 2.19. The molecule has 0 radical (unpaired) electrons. The van der Waals surface area contributed by atoms with Crippen LogP contribution in [-0.2, 0) is 22.7 Å². The molecule has 2 amide bonds. The molecule has 0 saturated heterocycles. The smallest absolute Gasteiger partial charge is 0.274 e. The van der Waals surface area contributed by atoms with E-state index in [0.29, 0.717) is 24.3 Å². The third kappa shape index (κ3) is 3.09. The summed E-state index contributed by atoms with van der Waals surface area (Å²) < 4.78 is 0. The van der Waals surface area contributed by atoms with Crippen LogP contribution in [0, 0.1) is 0 Å². The average Bonchev–Trinajstić information content (AvgIpc) is 2.87. The van der Waals surface area contributed by atoms with Crippen molar-refractivity contribution >= 4 is 17.5 Å². The summed E-state index contributed by atoms with van der Waals surface area (Å²) >= 11 is 0. The lowest BCUT2D eigenvalue weighted by atomic mass is 10.1. The monoisotopic (exact) mass is 282 g/mol. The lowest BCUT2D eigenvalue weighted by Crippen LogP contribution is -2.23. The van der Waals surface area contributed by atoms with Crippen LogP contribution >= 0.6 is 0 Å². The van der Waals surface area contributed by atoms with Gasteiger partial charge < -0.3 is 5.32 Å². The van der Waals surface area contributed by atoms with Gasteiger partial charge >= 0.3 is 0 Å². The highest BCUT2D eigenvalue weighted by atomic mass is 16.6. The first-order chi connectivity index (χ1) is 10.2. The van der Waals surface area contributed by atoms with Crippen LogP contribution in [-0.4, -0.2) is 11.8 Å². The van der Waals surface area contributed by atoms with Gasteiger partial charge in [0.15, 0.2) is 0 Å². The summed E-state index contributed by atoms with van der Waals surface area (Å²) in [6.07, 6.45) is 0.363. The average molecular weight is 282 g/mol. The molecule has 0 bridgehead atoms. The molecule has 2 aromatic rings. The van der Waals surface area contributed by atoms with E-state index in [9.17, 15) is 9.59 Å². The van der Waals surface area contributed by atoms with Gasteiger partial charge in [-0.15, -0.1) is 0 Å². The summed E-state index contributed by atoms with van der Waals surface area (Å²) in [5.74, 6) is -0.391. The normalized spacial score (nSPS) is 12.7. The zero-order valence-electron chi connectivity index (χ0n) is 11.3. The first-order valence-corrected chi connectivity index (χ1v) is 6.61. The molecule has 1 heterocycles. The summed E-state index contributed by atoms with van der Waals surface area (Å²) in [6, 6.07) is 14.7. The molecule has 21 heavy (non-hydrogen) atoms. The largest absolute Gasteiger partial charge is 0.326 e. The molecule has 0 unspecified atom stereocenters. The number of carbonyl (C=O) groups excluding carboxylic acids is 2. The Hall–Kier alpha value is -2.66. The van der Waals surface area contributed by atoms with Crippen LogP contribution in [0.15, 0.2) is 48.5 Å². The Morgan fingerprint density at radius 3 is 2.81 bits per heavy atom. The van der Waals surface area contributed by atoms with E-state index in [1.807, 2.05) is 30.3 Å². The van der Waals surface area contributed by atoms with E-state index in [2.05, 4.69) is 10.8 Å². The second-order valence-electron chi connectivity index (χ2n) is 4.80. The topological polar surface area (TPSA) is 67.4 Å². The van der Waals surface area contributed by atoms with Crippen LogP contribution in [0.5, 0.6) is 0 Å². The van der Waals surface area contributed by atoms with Crippen molar-refractivity contribution in [2.45, 2.75) is 13.0 Å². The Morgan fingerprint density at radius 1 is 1.19 bits per heavy atom. The Kier molecular flexibility index (Phi) is 3.66. The van der Waals surface area contributed by atoms with E-state index < -0.39 is 0 Å². The fourth-order valence-corrected chi connectivity index (χ4v) is 2.17. The molecule has 106 valence electrons. The van der Waals surface area contributed by atoms with Crippen LogP contribution in [0.25, 0.3) is 0 Å². The van der Waals surface area contributed by atoms with Gasteiger partial charge in [-0.05, 0) is 23.3 Å². The SMILES string of the molecule is O=C1Cc2ccc(C(=O)NOCc3ccccc3)cc2N1. The minimum atomic E-state index is -0.338. The lowest BCUT2D eigenvalue weighted by Gasteiger charge is -2.07. The maximum absolute atomic E-state index is 12.0. The third-order valence-corrected chi connectivity index (χ3v) is 3.24. The molecule has 0 saturated carbocycles. The van der Waals surface area contributed by atoms with E-state index in [1.54, 1.807) is 18.2 Å². The predicted octanol–water partition coefficient (Wildman–Crippen LogP) is 2.04. The number of benzene rings is 2. The van der Waals surface area contributed by atoms with Crippen LogP contribution in [0.3, 0.4) is 0 Å². The van der Waals surface area contributed by atoms with Gasteiger partial charge in [0.1, 0.15) is 0 Å².